The molecule has 2 nitrogen and oxygen atoms in total. The van der Waals surface area contributed by atoms with Crippen LogP contribution in [0.25, 0.3) is 0 Å². The summed E-state index contributed by atoms with van der Waals surface area (Å²) >= 11 is 9.38. The van der Waals surface area contributed by atoms with Gasteiger partial charge in [-0.15, -0.1) is 0 Å². The molecule has 0 aliphatic carbocycles. The molecule has 0 saturated carbocycles. The first kappa shape index (κ1) is 15.3. The van der Waals surface area contributed by atoms with Crippen molar-refractivity contribution in [3.63, 3.8) is 0 Å². The highest BCUT2D eigenvalue weighted by atomic mass is 79.9. The molecule has 106 valence electrons. The van der Waals surface area contributed by atoms with Crippen molar-refractivity contribution >= 4 is 27.5 Å². The maximum atomic E-state index is 13.2. The molecule has 0 aliphatic heterocycles. The number of ether oxygens (including phenoxy) is 1. The molecule has 0 radical (unpaired) electrons. The third-order valence-electron chi connectivity index (χ3n) is 2.88. The third-order valence-corrected chi connectivity index (χ3v) is 3.89. The lowest BCUT2D eigenvalue weighted by molar-refractivity contribution is 0.407. The Morgan fingerprint density at radius 2 is 1.90 bits per heavy atom. The predicted octanol–water partition coefficient (Wildman–Crippen LogP) is 4.54. The largest absolute Gasteiger partial charge is 0.496 e. The zero-order valence-corrected chi connectivity index (χ0v) is 13.3. The molecule has 0 atom stereocenters. The fourth-order valence-electron chi connectivity index (χ4n) is 1.90. The second-order valence-corrected chi connectivity index (χ2v) is 5.59. The Hall–Kier alpha value is -1.10. The normalized spacial score (nSPS) is 10.6. The van der Waals surface area contributed by atoms with Gasteiger partial charge < -0.3 is 10.1 Å². The quantitative estimate of drug-likeness (QED) is 0.847. The number of methoxy groups -OCH3 is 1. The Bertz CT molecular complexity index is 606. The summed E-state index contributed by atoms with van der Waals surface area (Å²) in [7, 11) is 1.62. The summed E-state index contributed by atoms with van der Waals surface area (Å²) in [6.07, 6.45) is 0. The van der Waals surface area contributed by atoms with E-state index in [2.05, 4.69) is 21.2 Å². The zero-order chi connectivity index (χ0) is 14.5. The van der Waals surface area contributed by atoms with Crippen molar-refractivity contribution in [1.29, 1.82) is 0 Å². The molecular formula is C15H14BrClFNO. The highest BCUT2D eigenvalue weighted by Crippen LogP contribution is 2.23. The molecule has 1 N–H and O–H groups in total. The van der Waals surface area contributed by atoms with Crippen molar-refractivity contribution in [2.45, 2.75) is 13.1 Å². The molecule has 0 bridgehead atoms. The van der Waals surface area contributed by atoms with E-state index in [1.54, 1.807) is 19.2 Å². The number of hydrogen-bond acceptors (Lipinski definition) is 2. The molecule has 5 heteroatoms. The highest BCUT2D eigenvalue weighted by Gasteiger charge is 2.05. The van der Waals surface area contributed by atoms with Crippen molar-refractivity contribution in [2.24, 2.45) is 0 Å². The fourth-order valence-corrected chi connectivity index (χ4v) is 2.48. The molecule has 0 fully saturated rings. The summed E-state index contributed by atoms with van der Waals surface area (Å²) in [5.74, 6) is 0.533. The summed E-state index contributed by atoms with van der Waals surface area (Å²) in [6, 6.07) is 10.1. The standard InChI is InChI=1S/C15H14BrClFNO/c1-20-15-5-2-12(17)6-11(15)9-19-8-10-7-13(18)3-4-14(10)16/h2-7,19H,8-9H2,1H3. The van der Waals surface area contributed by atoms with Crippen molar-refractivity contribution < 1.29 is 9.13 Å². The Labute approximate surface area is 131 Å². The number of halogens is 3. The maximum absolute atomic E-state index is 13.2. The number of rotatable bonds is 5. The van der Waals surface area contributed by atoms with Crippen molar-refractivity contribution in [3.8, 4) is 5.75 Å². The first-order chi connectivity index (χ1) is 9.60. The Kier molecular flexibility index (Phi) is 5.40. The minimum absolute atomic E-state index is 0.245. The molecule has 2 aromatic carbocycles. The first-order valence-corrected chi connectivity index (χ1v) is 7.24. The molecule has 0 amide bonds. The van der Waals surface area contributed by atoms with Crippen LogP contribution in [-0.4, -0.2) is 7.11 Å². The number of benzene rings is 2. The van der Waals surface area contributed by atoms with Gasteiger partial charge in [0.2, 0.25) is 0 Å². The smallest absolute Gasteiger partial charge is 0.123 e. The summed E-state index contributed by atoms with van der Waals surface area (Å²) in [5.41, 5.74) is 1.83. The highest BCUT2D eigenvalue weighted by molar-refractivity contribution is 9.10. The molecule has 0 saturated heterocycles. The lowest BCUT2D eigenvalue weighted by Gasteiger charge is -2.11. The maximum Gasteiger partial charge on any atom is 0.123 e. The summed E-state index contributed by atoms with van der Waals surface area (Å²) in [4.78, 5) is 0. The molecule has 0 unspecified atom stereocenters. The Morgan fingerprint density at radius 1 is 1.15 bits per heavy atom. The van der Waals surface area contributed by atoms with E-state index in [1.165, 1.54) is 12.1 Å². The van der Waals surface area contributed by atoms with E-state index in [1.807, 2.05) is 12.1 Å². The van der Waals surface area contributed by atoms with Gasteiger partial charge in [-0.05, 0) is 42.0 Å². The molecule has 0 aliphatic rings. The van der Waals surface area contributed by atoms with Gasteiger partial charge in [-0.2, -0.15) is 0 Å². The van der Waals surface area contributed by atoms with Crippen LogP contribution in [0.3, 0.4) is 0 Å². The van der Waals surface area contributed by atoms with Crippen LogP contribution in [0.2, 0.25) is 5.02 Å². The van der Waals surface area contributed by atoms with Gasteiger partial charge in [0.25, 0.3) is 0 Å². The van der Waals surface area contributed by atoms with Crippen LogP contribution in [0.5, 0.6) is 5.75 Å². The molecular weight excluding hydrogens is 345 g/mol. The summed E-state index contributed by atoms with van der Waals surface area (Å²) in [6.45, 7) is 1.14. The molecule has 0 heterocycles. The van der Waals surface area contributed by atoms with Gasteiger partial charge in [-0.25, -0.2) is 4.39 Å². The van der Waals surface area contributed by atoms with Crippen LogP contribution in [0, 0.1) is 5.82 Å². The molecule has 0 aromatic heterocycles. The van der Waals surface area contributed by atoms with Crippen LogP contribution in [0.4, 0.5) is 4.39 Å². The van der Waals surface area contributed by atoms with Gasteiger partial charge in [0, 0.05) is 28.1 Å². The first-order valence-electron chi connectivity index (χ1n) is 6.07. The van der Waals surface area contributed by atoms with Crippen LogP contribution < -0.4 is 10.1 Å². The third kappa shape index (κ3) is 3.95. The lowest BCUT2D eigenvalue weighted by Crippen LogP contribution is -2.14. The van der Waals surface area contributed by atoms with Gasteiger partial charge in [0.1, 0.15) is 11.6 Å². The van der Waals surface area contributed by atoms with Crippen LogP contribution >= 0.6 is 27.5 Å². The van der Waals surface area contributed by atoms with Crippen molar-refractivity contribution in [1.82, 2.24) is 5.32 Å². The second-order valence-electron chi connectivity index (χ2n) is 4.30. The van der Waals surface area contributed by atoms with Crippen LogP contribution in [0.1, 0.15) is 11.1 Å². The SMILES string of the molecule is COc1ccc(Cl)cc1CNCc1cc(F)ccc1Br. The Morgan fingerprint density at radius 3 is 2.65 bits per heavy atom. The van der Waals surface area contributed by atoms with E-state index in [-0.39, 0.29) is 5.82 Å². The van der Waals surface area contributed by atoms with E-state index in [0.717, 1.165) is 21.3 Å². The summed E-state index contributed by atoms with van der Waals surface area (Å²) in [5, 5.41) is 3.91. The monoisotopic (exact) mass is 357 g/mol. The lowest BCUT2D eigenvalue weighted by atomic mass is 10.2. The minimum Gasteiger partial charge on any atom is -0.496 e. The zero-order valence-electron chi connectivity index (χ0n) is 10.9. The Balaban J connectivity index is 2.02. The molecule has 20 heavy (non-hydrogen) atoms. The van der Waals surface area contributed by atoms with Gasteiger partial charge in [0.05, 0.1) is 7.11 Å². The average molecular weight is 359 g/mol. The average Bonchev–Trinajstić information content (AvgIpc) is 2.43. The molecule has 2 rings (SSSR count). The van der Waals surface area contributed by atoms with Gasteiger partial charge in [0.15, 0.2) is 0 Å². The van der Waals surface area contributed by atoms with Gasteiger partial charge in [-0.1, -0.05) is 27.5 Å². The molecule has 2 aromatic rings. The van der Waals surface area contributed by atoms with E-state index in [9.17, 15) is 4.39 Å². The van der Waals surface area contributed by atoms with Crippen LogP contribution in [0.15, 0.2) is 40.9 Å². The fraction of sp³-hybridized carbons (Fsp3) is 0.200. The van der Waals surface area contributed by atoms with Crippen molar-refractivity contribution in [2.75, 3.05) is 7.11 Å². The van der Waals surface area contributed by atoms with Gasteiger partial charge in [-0.3, -0.25) is 0 Å². The van der Waals surface area contributed by atoms with Gasteiger partial charge >= 0.3 is 0 Å². The second kappa shape index (κ2) is 7.07. The number of hydrogen-bond donors (Lipinski definition) is 1. The summed E-state index contributed by atoms with van der Waals surface area (Å²) < 4.78 is 19.3. The van der Waals surface area contributed by atoms with Crippen LogP contribution in [-0.2, 0) is 13.1 Å². The van der Waals surface area contributed by atoms with E-state index < -0.39 is 0 Å². The van der Waals surface area contributed by atoms with Crippen molar-refractivity contribution in [3.05, 3.63) is 62.8 Å². The van der Waals surface area contributed by atoms with E-state index in [0.29, 0.717) is 18.1 Å². The topological polar surface area (TPSA) is 21.3 Å². The minimum atomic E-state index is -0.245. The van der Waals surface area contributed by atoms with E-state index >= 15 is 0 Å². The number of nitrogens with one attached hydrogen (secondary N) is 1. The predicted molar refractivity (Wildman–Crippen MR) is 82.6 cm³/mol. The molecule has 0 spiro atoms. The van der Waals surface area contributed by atoms with E-state index in [4.69, 9.17) is 16.3 Å².